The predicted octanol–water partition coefficient (Wildman–Crippen LogP) is 3.20. The normalized spacial score (nSPS) is 27.0. The molecule has 7 nitrogen and oxygen atoms in total. The van der Waals surface area contributed by atoms with Crippen LogP contribution in [0.3, 0.4) is 0 Å². The van der Waals surface area contributed by atoms with E-state index in [9.17, 15) is 14.7 Å². The van der Waals surface area contributed by atoms with Crippen LogP contribution in [0.25, 0.3) is 10.9 Å². The molecule has 8 heteroatoms. The number of carbonyl (C=O) groups excluding carboxylic acids is 2. The summed E-state index contributed by atoms with van der Waals surface area (Å²) in [5.74, 6) is 0.0817. The maximum atomic E-state index is 12.7. The average molecular weight is 425 g/mol. The van der Waals surface area contributed by atoms with Gasteiger partial charge in [-0.25, -0.2) is 0 Å². The second-order valence-corrected chi connectivity index (χ2v) is 8.75. The Balaban J connectivity index is 1.28. The highest BCUT2D eigenvalue weighted by Crippen LogP contribution is 2.60. The molecule has 0 radical (unpaired) electrons. The Morgan fingerprint density at radius 3 is 2.73 bits per heavy atom. The number of H-pyrrole nitrogens is 1. The van der Waals surface area contributed by atoms with Gasteiger partial charge in [-0.1, -0.05) is 17.7 Å². The number of aromatic amines is 1. The lowest BCUT2D eigenvalue weighted by Gasteiger charge is -2.27. The summed E-state index contributed by atoms with van der Waals surface area (Å²) >= 11 is 6.24. The molecule has 0 spiro atoms. The highest BCUT2D eigenvalue weighted by Gasteiger charge is 2.62. The number of benzene rings is 2. The number of aromatic nitrogens is 2. The van der Waals surface area contributed by atoms with Crippen molar-refractivity contribution < 1.29 is 14.7 Å². The Morgan fingerprint density at radius 1 is 1.23 bits per heavy atom. The molecule has 30 heavy (non-hydrogen) atoms. The molecule has 0 saturated heterocycles. The average Bonchev–Trinajstić information content (AvgIpc) is 3.05. The van der Waals surface area contributed by atoms with Crippen LogP contribution in [0.2, 0.25) is 5.02 Å². The third-order valence-corrected chi connectivity index (χ3v) is 6.46. The molecule has 5 rings (SSSR count). The fraction of sp³-hybridized carbons (Fsp3) is 0.318. The summed E-state index contributed by atoms with van der Waals surface area (Å²) in [5, 5.41) is 25.5. The van der Waals surface area contributed by atoms with E-state index in [0.717, 1.165) is 16.5 Å². The van der Waals surface area contributed by atoms with Crippen LogP contribution in [0.4, 0.5) is 5.69 Å². The topological polar surface area (TPSA) is 107 Å². The molecule has 3 aromatic rings. The molecule has 2 aliphatic rings. The monoisotopic (exact) mass is 424 g/mol. The zero-order chi connectivity index (χ0) is 21.0. The molecule has 2 aromatic carbocycles. The molecule has 2 fully saturated rings. The van der Waals surface area contributed by atoms with E-state index in [1.54, 1.807) is 36.5 Å². The minimum Gasteiger partial charge on any atom is -0.385 e. The SMILES string of the molecule is CC(=O)Nc1cccc(C(=O)NC2[C@H]3CC(O)(c4cc(Cl)cc5[nH]ncc45)C[C@@H]23)c1. The molecule has 2 aliphatic carbocycles. The van der Waals surface area contributed by atoms with Gasteiger partial charge in [0, 0.05) is 34.6 Å². The van der Waals surface area contributed by atoms with Crippen molar-refractivity contribution in [3.63, 3.8) is 0 Å². The number of rotatable bonds is 4. The molecule has 1 aromatic heterocycles. The number of amides is 2. The molecule has 2 unspecified atom stereocenters. The Labute approximate surface area is 177 Å². The van der Waals surface area contributed by atoms with Crippen LogP contribution in [0, 0.1) is 11.8 Å². The standard InChI is InChI=1S/C22H21ClN4O3/c1-11(28)25-14-4-2-3-12(5-14)21(29)26-20-15-8-22(30,9-16(15)20)18-6-13(23)7-19-17(18)10-24-27-19/h2-7,10,15-16,20,30H,8-9H2,1H3,(H,24,27)(H,25,28)(H,26,29)/t15-,16+,20?,22?. The van der Waals surface area contributed by atoms with Crippen molar-refractivity contribution in [2.24, 2.45) is 11.8 Å². The lowest BCUT2D eigenvalue weighted by atomic mass is 9.86. The lowest BCUT2D eigenvalue weighted by Crippen LogP contribution is -2.33. The number of nitrogens with zero attached hydrogens (tertiary/aromatic N) is 1. The van der Waals surface area contributed by atoms with Crippen molar-refractivity contribution in [2.45, 2.75) is 31.4 Å². The fourth-order valence-electron chi connectivity index (χ4n) is 4.88. The quantitative estimate of drug-likeness (QED) is 0.515. The molecule has 4 atom stereocenters. The van der Waals surface area contributed by atoms with E-state index in [-0.39, 0.29) is 29.7 Å². The Kier molecular flexibility index (Phi) is 4.34. The number of carbonyl (C=O) groups is 2. The highest BCUT2D eigenvalue weighted by atomic mass is 35.5. The van der Waals surface area contributed by atoms with Crippen LogP contribution < -0.4 is 10.6 Å². The van der Waals surface area contributed by atoms with Gasteiger partial charge in [0.15, 0.2) is 0 Å². The molecule has 1 heterocycles. The predicted molar refractivity (Wildman–Crippen MR) is 113 cm³/mol. The molecule has 2 saturated carbocycles. The Bertz CT molecular complexity index is 1160. The minimum atomic E-state index is -0.977. The van der Waals surface area contributed by atoms with E-state index >= 15 is 0 Å². The summed E-state index contributed by atoms with van der Waals surface area (Å²) in [5.41, 5.74) is 1.70. The van der Waals surface area contributed by atoms with Crippen molar-refractivity contribution in [3.05, 3.63) is 58.7 Å². The molecular weight excluding hydrogens is 404 g/mol. The van der Waals surface area contributed by atoms with Crippen molar-refractivity contribution in [2.75, 3.05) is 5.32 Å². The number of hydrogen-bond donors (Lipinski definition) is 4. The molecule has 0 aliphatic heterocycles. The second-order valence-electron chi connectivity index (χ2n) is 8.31. The minimum absolute atomic E-state index is 0.0428. The second kappa shape index (κ2) is 6.82. The first kappa shape index (κ1) is 19.1. The van der Waals surface area contributed by atoms with Gasteiger partial charge in [0.2, 0.25) is 5.91 Å². The summed E-state index contributed by atoms with van der Waals surface area (Å²) in [7, 11) is 0. The molecular formula is C22H21ClN4O3. The van der Waals surface area contributed by atoms with Gasteiger partial charge < -0.3 is 15.7 Å². The van der Waals surface area contributed by atoms with Crippen LogP contribution in [-0.2, 0) is 10.4 Å². The van der Waals surface area contributed by atoms with Crippen LogP contribution >= 0.6 is 11.6 Å². The van der Waals surface area contributed by atoms with Crippen LogP contribution in [0.15, 0.2) is 42.6 Å². The summed E-state index contributed by atoms with van der Waals surface area (Å²) in [6, 6.07) is 10.5. The van der Waals surface area contributed by atoms with Crippen molar-refractivity contribution in [1.82, 2.24) is 15.5 Å². The molecule has 154 valence electrons. The van der Waals surface area contributed by atoms with Gasteiger partial charge in [0.05, 0.1) is 17.3 Å². The van der Waals surface area contributed by atoms with Gasteiger partial charge in [0.25, 0.3) is 5.91 Å². The number of halogens is 1. The summed E-state index contributed by atoms with van der Waals surface area (Å²) in [6.45, 7) is 1.43. The smallest absolute Gasteiger partial charge is 0.251 e. The van der Waals surface area contributed by atoms with Crippen LogP contribution in [0.5, 0.6) is 0 Å². The van der Waals surface area contributed by atoms with Crippen molar-refractivity contribution in [1.29, 1.82) is 0 Å². The van der Waals surface area contributed by atoms with Gasteiger partial charge >= 0.3 is 0 Å². The zero-order valence-corrected chi connectivity index (χ0v) is 17.0. The molecule has 0 bridgehead atoms. The summed E-state index contributed by atoms with van der Waals surface area (Å²) in [4.78, 5) is 23.9. The third-order valence-electron chi connectivity index (χ3n) is 6.25. The van der Waals surface area contributed by atoms with E-state index in [1.165, 1.54) is 6.92 Å². The van der Waals surface area contributed by atoms with Crippen LogP contribution in [0.1, 0.15) is 35.7 Å². The van der Waals surface area contributed by atoms with E-state index in [1.807, 2.05) is 6.07 Å². The number of hydrogen-bond acceptors (Lipinski definition) is 4. The van der Waals surface area contributed by atoms with E-state index in [0.29, 0.717) is 29.1 Å². The van der Waals surface area contributed by atoms with E-state index in [2.05, 4.69) is 20.8 Å². The first-order valence-corrected chi connectivity index (χ1v) is 10.3. The summed E-state index contributed by atoms with van der Waals surface area (Å²) < 4.78 is 0. The van der Waals surface area contributed by atoms with Gasteiger partial charge in [-0.05, 0) is 60.6 Å². The Hall–Kier alpha value is -2.90. The molecule has 2 amide bonds. The van der Waals surface area contributed by atoms with Crippen molar-refractivity contribution >= 4 is 40.0 Å². The number of anilines is 1. The lowest BCUT2D eigenvalue weighted by molar-refractivity contribution is -0.114. The largest absolute Gasteiger partial charge is 0.385 e. The number of aliphatic hydroxyl groups is 1. The number of fused-ring (bicyclic) bond motifs is 2. The van der Waals surface area contributed by atoms with Gasteiger partial charge in [0.1, 0.15) is 0 Å². The molecule has 4 N–H and O–H groups in total. The van der Waals surface area contributed by atoms with Gasteiger partial charge in [-0.3, -0.25) is 14.7 Å². The maximum Gasteiger partial charge on any atom is 0.251 e. The zero-order valence-electron chi connectivity index (χ0n) is 16.3. The maximum absolute atomic E-state index is 12.7. The van der Waals surface area contributed by atoms with Crippen molar-refractivity contribution in [3.8, 4) is 0 Å². The van der Waals surface area contributed by atoms with Gasteiger partial charge in [-0.2, -0.15) is 5.10 Å². The first-order chi connectivity index (χ1) is 14.3. The van der Waals surface area contributed by atoms with E-state index in [4.69, 9.17) is 11.6 Å². The number of nitrogens with one attached hydrogen (secondary N) is 3. The van der Waals surface area contributed by atoms with Crippen LogP contribution in [-0.4, -0.2) is 33.2 Å². The Morgan fingerprint density at radius 2 is 2.00 bits per heavy atom. The third kappa shape index (κ3) is 3.24. The van der Waals surface area contributed by atoms with Gasteiger partial charge in [-0.15, -0.1) is 0 Å². The van der Waals surface area contributed by atoms with E-state index < -0.39 is 5.60 Å². The highest BCUT2D eigenvalue weighted by molar-refractivity contribution is 6.31. The first-order valence-electron chi connectivity index (χ1n) is 9.88. The summed E-state index contributed by atoms with van der Waals surface area (Å²) in [6.07, 6.45) is 2.84. The fourth-order valence-corrected chi connectivity index (χ4v) is 5.09.